The molecule has 1 N–H and O–H groups in total. The summed E-state index contributed by atoms with van der Waals surface area (Å²) in [6.45, 7) is 5.56. The van der Waals surface area contributed by atoms with Gasteiger partial charge in [0.25, 0.3) is 0 Å². The fourth-order valence-corrected chi connectivity index (χ4v) is 1.87. The van der Waals surface area contributed by atoms with Crippen LogP contribution in [0.4, 0.5) is 0 Å². The molecule has 1 aromatic carbocycles. The number of hydrogen-bond acceptors (Lipinski definition) is 4. The van der Waals surface area contributed by atoms with Crippen LogP contribution in [0, 0.1) is 0 Å². The maximum Gasteiger partial charge on any atom is 0.337 e. The quantitative estimate of drug-likeness (QED) is 0.626. The van der Waals surface area contributed by atoms with E-state index in [1.807, 2.05) is 0 Å². The Labute approximate surface area is 99.5 Å². The molecule has 1 aromatic rings. The summed E-state index contributed by atoms with van der Waals surface area (Å²) < 4.78 is 10.2. The number of carbonyl (C=O) groups excluding carboxylic acids is 1. The Balaban J connectivity index is 2.37. The fourth-order valence-electron chi connectivity index (χ4n) is 1.87. The summed E-state index contributed by atoms with van der Waals surface area (Å²) in [5.41, 5.74) is 1.74. The van der Waals surface area contributed by atoms with Crippen molar-refractivity contribution in [2.75, 3.05) is 7.11 Å². The van der Waals surface area contributed by atoms with Crippen molar-refractivity contribution in [3.8, 4) is 5.75 Å². The standard InChI is InChI=1S/C13H14O4/c1-7(2)12-11(14)9-6-8(13(15)16-3)4-5-10(9)17-12/h4-6,11-12,14H,1H2,2-3H3/t11-,12+/m1/s1. The minimum atomic E-state index is -0.785. The SMILES string of the molecule is C=C(C)[C@@H]1Oc2ccc(C(=O)OC)cc2[C@H]1O. The van der Waals surface area contributed by atoms with E-state index in [1.54, 1.807) is 25.1 Å². The molecule has 0 aliphatic carbocycles. The molecule has 1 heterocycles. The zero-order chi connectivity index (χ0) is 12.6. The van der Waals surface area contributed by atoms with Crippen LogP contribution >= 0.6 is 0 Å². The summed E-state index contributed by atoms with van der Waals surface area (Å²) in [4.78, 5) is 11.4. The van der Waals surface area contributed by atoms with E-state index in [0.717, 1.165) is 5.57 Å². The molecule has 0 radical (unpaired) electrons. The van der Waals surface area contributed by atoms with Crippen LogP contribution in [-0.2, 0) is 4.74 Å². The Morgan fingerprint density at radius 1 is 1.53 bits per heavy atom. The van der Waals surface area contributed by atoms with E-state index in [9.17, 15) is 9.90 Å². The number of rotatable bonds is 2. The molecular weight excluding hydrogens is 220 g/mol. The highest BCUT2D eigenvalue weighted by molar-refractivity contribution is 5.89. The molecule has 1 aliphatic heterocycles. The number of ether oxygens (including phenoxy) is 2. The van der Waals surface area contributed by atoms with Gasteiger partial charge in [-0.05, 0) is 30.7 Å². The van der Waals surface area contributed by atoms with Crippen LogP contribution < -0.4 is 4.74 Å². The molecule has 1 aliphatic rings. The van der Waals surface area contributed by atoms with Crippen LogP contribution in [0.15, 0.2) is 30.4 Å². The van der Waals surface area contributed by atoms with E-state index in [0.29, 0.717) is 16.9 Å². The van der Waals surface area contributed by atoms with Crippen molar-refractivity contribution in [1.29, 1.82) is 0 Å². The van der Waals surface area contributed by atoms with Gasteiger partial charge in [0.05, 0.1) is 12.7 Å². The Morgan fingerprint density at radius 2 is 2.24 bits per heavy atom. The summed E-state index contributed by atoms with van der Waals surface area (Å²) in [6, 6.07) is 4.86. The van der Waals surface area contributed by atoms with E-state index in [4.69, 9.17) is 4.74 Å². The average Bonchev–Trinajstić information content (AvgIpc) is 2.65. The second-order valence-electron chi connectivity index (χ2n) is 4.07. The summed E-state index contributed by atoms with van der Waals surface area (Å²) in [5.74, 6) is 0.150. The summed E-state index contributed by atoms with van der Waals surface area (Å²) in [7, 11) is 1.32. The maximum absolute atomic E-state index is 11.4. The number of esters is 1. The van der Waals surface area contributed by atoms with Crippen LogP contribution in [-0.4, -0.2) is 24.3 Å². The summed E-state index contributed by atoms with van der Waals surface area (Å²) >= 11 is 0. The zero-order valence-electron chi connectivity index (χ0n) is 9.77. The van der Waals surface area contributed by atoms with E-state index in [2.05, 4.69) is 11.3 Å². The number of carbonyl (C=O) groups is 1. The van der Waals surface area contributed by atoms with Crippen LogP contribution in [0.1, 0.15) is 28.9 Å². The molecule has 0 spiro atoms. The molecule has 0 saturated heterocycles. The first-order chi connectivity index (χ1) is 8.04. The van der Waals surface area contributed by atoms with Crippen molar-refractivity contribution < 1.29 is 19.4 Å². The van der Waals surface area contributed by atoms with Crippen molar-refractivity contribution in [1.82, 2.24) is 0 Å². The van der Waals surface area contributed by atoms with Crippen LogP contribution in [0.5, 0.6) is 5.75 Å². The number of methoxy groups -OCH3 is 1. The minimum absolute atomic E-state index is 0.399. The highest BCUT2D eigenvalue weighted by Crippen LogP contribution is 2.39. The van der Waals surface area contributed by atoms with Gasteiger partial charge in [-0.3, -0.25) is 0 Å². The second kappa shape index (κ2) is 4.22. The number of benzene rings is 1. The van der Waals surface area contributed by atoms with Crippen molar-refractivity contribution in [2.24, 2.45) is 0 Å². The number of hydrogen-bond donors (Lipinski definition) is 1. The lowest BCUT2D eigenvalue weighted by Crippen LogP contribution is -2.19. The lowest BCUT2D eigenvalue weighted by Gasteiger charge is -2.13. The predicted octanol–water partition coefficient (Wildman–Crippen LogP) is 1.84. The molecule has 0 saturated carbocycles. The van der Waals surface area contributed by atoms with Gasteiger partial charge in [0.15, 0.2) is 0 Å². The minimum Gasteiger partial charge on any atom is -0.483 e. The molecule has 0 bridgehead atoms. The third kappa shape index (κ3) is 1.91. The highest BCUT2D eigenvalue weighted by atomic mass is 16.5. The van der Waals surface area contributed by atoms with Gasteiger partial charge < -0.3 is 14.6 Å². The average molecular weight is 234 g/mol. The van der Waals surface area contributed by atoms with Gasteiger partial charge in [0.1, 0.15) is 18.0 Å². The van der Waals surface area contributed by atoms with Crippen molar-refractivity contribution in [3.05, 3.63) is 41.5 Å². The molecular formula is C13H14O4. The monoisotopic (exact) mass is 234 g/mol. The topological polar surface area (TPSA) is 55.8 Å². The van der Waals surface area contributed by atoms with Gasteiger partial charge in [-0.15, -0.1) is 0 Å². The molecule has 0 aromatic heterocycles. The van der Waals surface area contributed by atoms with E-state index in [1.165, 1.54) is 7.11 Å². The molecule has 2 atom stereocenters. The first-order valence-corrected chi connectivity index (χ1v) is 5.27. The Kier molecular flexibility index (Phi) is 2.90. The maximum atomic E-state index is 11.4. The molecule has 4 heteroatoms. The molecule has 4 nitrogen and oxygen atoms in total. The zero-order valence-corrected chi connectivity index (χ0v) is 9.77. The van der Waals surface area contributed by atoms with Crippen LogP contribution in [0.2, 0.25) is 0 Å². The number of aliphatic hydroxyl groups excluding tert-OH is 1. The third-order valence-corrected chi connectivity index (χ3v) is 2.78. The highest BCUT2D eigenvalue weighted by Gasteiger charge is 2.33. The number of aliphatic hydroxyl groups is 1. The van der Waals surface area contributed by atoms with Gasteiger partial charge in [0.2, 0.25) is 0 Å². The lowest BCUT2D eigenvalue weighted by atomic mass is 10.0. The largest absolute Gasteiger partial charge is 0.483 e. The van der Waals surface area contributed by atoms with Crippen molar-refractivity contribution in [2.45, 2.75) is 19.1 Å². The fraction of sp³-hybridized carbons (Fsp3) is 0.308. The van der Waals surface area contributed by atoms with E-state index >= 15 is 0 Å². The van der Waals surface area contributed by atoms with E-state index in [-0.39, 0.29) is 0 Å². The molecule has 0 fully saturated rings. The Bertz CT molecular complexity index is 478. The first kappa shape index (κ1) is 11.7. The molecule has 17 heavy (non-hydrogen) atoms. The van der Waals surface area contributed by atoms with E-state index < -0.39 is 18.2 Å². The number of fused-ring (bicyclic) bond motifs is 1. The van der Waals surface area contributed by atoms with Crippen molar-refractivity contribution >= 4 is 5.97 Å². The van der Waals surface area contributed by atoms with Gasteiger partial charge in [-0.2, -0.15) is 0 Å². The Hall–Kier alpha value is -1.81. The second-order valence-corrected chi connectivity index (χ2v) is 4.07. The van der Waals surface area contributed by atoms with Gasteiger partial charge in [-0.1, -0.05) is 6.58 Å². The predicted molar refractivity (Wildman–Crippen MR) is 62.0 cm³/mol. The summed E-state index contributed by atoms with van der Waals surface area (Å²) in [5, 5.41) is 10.1. The smallest absolute Gasteiger partial charge is 0.337 e. The van der Waals surface area contributed by atoms with Crippen LogP contribution in [0.25, 0.3) is 0 Å². The molecule has 0 amide bonds. The molecule has 2 rings (SSSR count). The Morgan fingerprint density at radius 3 is 2.82 bits per heavy atom. The lowest BCUT2D eigenvalue weighted by molar-refractivity contribution is 0.0600. The van der Waals surface area contributed by atoms with Gasteiger partial charge >= 0.3 is 5.97 Å². The van der Waals surface area contributed by atoms with Crippen LogP contribution in [0.3, 0.4) is 0 Å². The van der Waals surface area contributed by atoms with Gasteiger partial charge in [-0.25, -0.2) is 4.79 Å². The first-order valence-electron chi connectivity index (χ1n) is 5.27. The molecule has 0 unspecified atom stereocenters. The summed E-state index contributed by atoms with van der Waals surface area (Å²) in [6.07, 6.45) is -1.23. The van der Waals surface area contributed by atoms with Gasteiger partial charge in [0, 0.05) is 5.56 Å². The van der Waals surface area contributed by atoms with Crippen molar-refractivity contribution in [3.63, 3.8) is 0 Å². The molecule has 90 valence electrons. The third-order valence-electron chi connectivity index (χ3n) is 2.78. The normalized spacial score (nSPS) is 21.6.